The van der Waals surface area contributed by atoms with Gasteiger partial charge in [0.2, 0.25) is 11.8 Å². The summed E-state index contributed by atoms with van der Waals surface area (Å²) in [4.78, 5) is 35.0. The molecule has 0 aliphatic carbocycles. The van der Waals surface area contributed by atoms with Crippen LogP contribution in [0.5, 0.6) is 0 Å². The van der Waals surface area contributed by atoms with Gasteiger partial charge in [0.1, 0.15) is 5.92 Å². The first-order chi connectivity index (χ1) is 12.4. The van der Waals surface area contributed by atoms with Crippen LogP contribution in [0.1, 0.15) is 6.42 Å². The number of amides is 4. The maximum Gasteiger partial charge on any atom is 0.334 e. The van der Waals surface area contributed by atoms with Gasteiger partial charge in [0.25, 0.3) is 0 Å². The second-order valence-corrected chi connectivity index (χ2v) is 4.88. The zero-order chi connectivity index (χ0) is 21.0. The lowest BCUT2D eigenvalue weighted by atomic mass is 9.98. The molecule has 0 spiro atoms. The normalized spacial score (nSPS) is 15.2. The van der Waals surface area contributed by atoms with Crippen LogP contribution in [0.4, 0.5) is 44.3 Å². The molecule has 0 unspecified atom stereocenters. The highest BCUT2D eigenvalue weighted by molar-refractivity contribution is 6.16. The number of carbonyl (C=O) groups excluding carboxylic acids is 3. The first-order valence-electron chi connectivity index (χ1n) is 6.64. The van der Waals surface area contributed by atoms with Gasteiger partial charge in [-0.3, -0.25) is 19.4 Å². The van der Waals surface area contributed by atoms with E-state index in [1.165, 1.54) is 0 Å². The fourth-order valence-corrected chi connectivity index (χ4v) is 1.94. The number of hydrogen-bond acceptors (Lipinski definition) is 3. The summed E-state index contributed by atoms with van der Waals surface area (Å²) in [6.07, 6.45) is -10.6. The average molecular weight is 410 g/mol. The summed E-state index contributed by atoms with van der Waals surface area (Å²) in [5.41, 5.74) is 0. The van der Waals surface area contributed by atoms with Crippen molar-refractivity contribution in [3.8, 4) is 0 Å². The number of allylic oxidation sites excluding steroid dienone is 1. The number of urea groups is 1. The fourth-order valence-electron chi connectivity index (χ4n) is 1.94. The minimum atomic E-state index is -2.99. The predicted octanol–water partition coefficient (Wildman–Crippen LogP) is 4.02. The summed E-state index contributed by atoms with van der Waals surface area (Å²) in [7, 11) is 0. The molecule has 0 N–H and O–H groups in total. The van der Waals surface area contributed by atoms with E-state index in [1.807, 2.05) is 0 Å². The Labute approximate surface area is 144 Å². The van der Waals surface area contributed by atoms with Gasteiger partial charge in [-0.15, -0.1) is 0 Å². The van der Waals surface area contributed by atoms with Crippen molar-refractivity contribution in [1.82, 2.24) is 9.80 Å². The summed E-state index contributed by atoms with van der Waals surface area (Å²) >= 11 is 0. The molecule has 0 saturated carbocycles. The van der Waals surface area contributed by atoms with Gasteiger partial charge >= 0.3 is 24.3 Å². The monoisotopic (exact) mass is 410 g/mol. The summed E-state index contributed by atoms with van der Waals surface area (Å²) in [6, 6.07) is -1.97. The van der Waals surface area contributed by atoms with Gasteiger partial charge in [-0.2, -0.15) is 26.3 Å². The highest BCUT2D eigenvalue weighted by atomic mass is 19.3. The second-order valence-electron chi connectivity index (χ2n) is 4.88. The molecule has 0 aromatic carbocycles. The van der Waals surface area contributed by atoms with Crippen LogP contribution in [-0.2, 0) is 9.59 Å². The number of nitrogens with zero attached hydrogens (tertiary/aromatic N) is 2. The quantitative estimate of drug-likeness (QED) is 0.491. The molecule has 150 valence electrons. The minimum Gasteiger partial charge on any atom is -0.273 e. The highest BCUT2D eigenvalue weighted by Gasteiger charge is 2.47. The van der Waals surface area contributed by atoms with E-state index in [1.54, 1.807) is 0 Å². The lowest BCUT2D eigenvalue weighted by molar-refractivity contribution is -0.149. The smallest absolute Gasteiger partial charge is 0.273 e. The molecule has 0 bridgehead atoms. The van der Waals surface area contributed by atoms with Crippen molar-refractivity contribution in [2.45, 2.75) is 6.42 Å². The Balaban J connectivity index is 3.36. The number of carbonyl (C=O) groups is 3. The molecule has 0 aromatic rings. The zero-order valence-corrected chi connectivity index (χ0v) is 12.7. The first kappa shape index (κ1) is 22.2. The van der Waals surface area contributed by atoms with Crippen molar-refractivity contribution in [3.63, 3.8) is 0 Å². The Hall–Kier alpha value is -2.80. The molecular formula is C13H7F9N2O3. The van der Waals surface area contributed by atoms with E-state index < -0.39 is 88.8 Å². The molecular weight excluding hydrogens is 403 g/mol. The molecule has 4 amide bonds. The fraction of sp³-hybridized carbons (Fsp3) is 0.308. The number of imide groups is 2. The van der Waals surface area contributed by atoms with Crippen molar-refractivity contribution >= 4 is 17.8 Å². The molecule has 5 nitrogen and oxygen atoms in total. The van der Waals surface area contributed by atoms with Gasteiger partial charge in [0.05, 0.1) is 13.1 Å². The van der Waals surface area contributed by atoms with Crippen LogP contribution in [0.15, 0.2) is 35.7 Å². The molecule has 0 atom stereocenters. The third-order valence-electron chi connectivity index (χ3n) is 3.18. The predicted molar refractivity (Wildman–Crippen MR) is 68.0 cm³/mol. The van der Waals surface area contributed by atoms with Crippen molar-refractivity contribution < 1.29 is 53.9 Å². The summed E-state index contributed by atoms with van der Waals surface area (Å²) in [5.74, 6) is -13.2. The Morgan fingerprint density at radius 1 is 0.630 bits per heavy atom. The molecule has 27 heavy (non-hydrogen) atoms. The Bertz CT molecular complexity index is 632. The SMILES string of the molecule is O=C1C(CC(F)=C(F)F)C(=O)N(CC(F)=C(F)F)C(=O)N1CC(F)=C(F)F. The van der Waals surface area contributed by atoms with Gasteiger partial charge in [-0.25, -0.2) is 18.0 Å². The Kier molecular flexibility index (Phi) is 7.19. The lowest BCUT2D eigenvalue weighted by Gasteiger charge is -2.36. The largest absolute Gasteiger partial charge is 0.334 e. The van der Waals surface area contributed by atoms with E-state index in [9.17, 15) is 53.9 Å². The summed E-state index contributed by atoms with van der Waals surface area (Å²) in [6.45, 7) is -3.62. The summed E-state index contributed by atoms with van der Waals surface area (Å²) < 4.78 is 112. The topological polar surface area (TPSA) is 57.7 Å². The van der Waals surface area contributed by atoms with E-state index in [-0.39, 0.29) is 0 Å². The van der Waals surface area contributed by atoms with Crippen LogP contribution >= 0.6 is 0 Å². The van der Waals surface area contributed by atoms with E-state index >= 15 is 0 Å². The molecule has 14 heteroatoms. The van der Waals surface area contributed by atoms with Crippen LogP contribution in [0.2, 0.25) is 0 Å². The maximum absolute atomic E-state index is 13.1. The van der Waals surface area contributed by atoms with Crippen molar-refractivity contribution in [3.05, 3.63) is 35.7 Å². The Morgan fingerprint density at radius 3 is 1.26 bits per heavy atom. The highest BCUT2D eigenvalue weighted by Crippen LogP contribution is 2.28. The van der Waals surface area contributed by atoms with E-state index in [4.69, 9.17) is 0 Å². The molecule has 1 saturated heterocycles. The van der Waals surface area contributed by atoms with Crippen LogP contribution in [0.3, 0.4) is 0 Å². The van der Waals surface area contributed by atoms with Gasteiger partial charge in [0.15, 0.2) is 17.5 Å². The van der Waals surface area contributed by atoms with Gasteiger partial charge in [-0.05, 0) is 0 Å². The van der Waals surface area contributed by atoms with Gasteiger partial charge in [0, 0.05) is 6.42 Å². The number of hydrogen-bond donors (Lipinski definition) is 0. The van der Waals surface area contributed by atoms with Crippen molar-refractivity contribution in [2.24, 2.45) is 5.92 Å². The number of halogens is 9. The van der Waals surface area contributed by atoms with E-state index in [0.717, 1.165) is 0 Å². The third-order valence-corrected chi connectivity index (χ3v) is 3.18. The summed E-state index contributed by atoms with van der Waals surface area (Å²) in [5, 5.41) is 0. The Morgan fingerprint density at radius 2 is 0.963 bits per heavy atom. The molecule has 0 aromatic heterocycles. The standard InChI is InChI=1S/C13H7F9N2O3/c14-5(8(17)18)1-4-11(25)23(2-6(15)9(19)20)13(27)24(12(4)26)3-7(16)10(21)22/h4H,1-3H2. The number of rotatable bonds is 6. The third kappa shape index (κ3) is 5.10. The second kappa shape index (κ2) is 8.73. The molecule has 1 heterocycles. The van der Waals surface area contributed by atoms with Crippen molar-refractivity contribution in [1.29, 1.82) is 0 Å². The molecule has 1 aliphatic heterocycles. The molecule has 1 fully saturated rings. The van der Waals surface area contributed by atoms with Crippen molar-refractivity contribution in [2.75, 3.05) is 13.1 Å². The zero-order valence-electron chi connectivity index (χ0n) is 12.7. The van der Waals surface area contributed by atoms with Crippen LogP contribution in [0, 0.1) is 5.92 Å². The van der Waals surface area contributed by atoms with Crippen LogP contribution in [0.25, 0.3) is 0 Å². The van der Waals surface area contributed by atoms with E-state index in [2.05, 4.69) is 0 Å². The first-order valence-corrected chi connectivity index (χ1v) is 6.64. The molecule has 0 radical (unpaired) electrons. The average Bonchev–Trinajstić information content (AvgIpc) is 2.58. The molecule has 1 aliphatic rings. The van der Waals surface area contributed by atoms with Gasteiger partial charge in [-0.1, -0.05) is 0 Å². The molecule has 1 rings (SSSR count). The number of barbiturate groups is 1. The van der Waals surface area contributed by atoms with Crippen LogP contribution in [-0.4, -0.2) is 40.7 Å². The van der Waals surface area contributed by atoms with Gasteiger partial charge < -0.3 is 0 Å². The maximum atomic E-state index is 13.1. The minimum absolute atomic E-state index is 0.437. The lowest BCUT2D eigenvalue weighted by Crippen LogP contribution is -2.60. The van der Waals surface area contributed by atoms with Crippen LogP contribution < -0.4 is 0 Å². The van der Waals surface area contributed by atoms with E-state index in [0.29, 0.717) is 0 Å².